The molecular weight excluding hydrogens is 262 g/mol. The van der Waals surface area contributed by atoms with Crippen molar-refractivity contribution in [1.29, 1.82) is 0 Å². The quantitative estimate of drug-likeness (QED) is 0.490. The third-order valence-electron chi connectivity index (χ3n) is 2.92. The first-order chi connectivity index (χ1) is 9.70. The molecule has 2 N–H and O–H groups in total. The highest BCUT2D eigenvalue weighted by Crippen LogP contribution is 2.24. The summed E-state index contributed by atoms with van der Waals surface area (Å²) in [7, 11) is 0. The molecule has 1 aromatic rings. The molecule has 0 unspecified atom stereocenters. The molecule has 0 saturated carbocycles. The molecule has 1 aromatic carbocycles. The first-order valence-corrected chi connectivity index (χ1v) is 6.16. The van der Waals surface area contributed by atoms with Gasteiger partial charge in [0.25, 0.3) is 0 Å². The minimum Gasteiger partial charge on any atom is -0.504 e. The van der Waals surface area contributed by atoms with Crippen LogP contribution in [0.15, 0.2) is 47.2 Å². The van der Waals surface area contributed by atoms with E-state index in [2.05, 4.69) is 10.0 Å². The summed E-state index contributed by atoms with van der Waals surface area (Å²) in [6.07, 6.45) is -0.882. The van der Waals surface area contributed by atoms with Crippen LogP contribution in [0.3, 0.4) is 0 Å². The molecule has 1 heterocycles. The minimum absolute atomic E-state index is 0.0685. The lowest BCUT2D eigenvalue weighted by Crippen LogP contribution is -2.33. The SMILES string of the molecule is [N-]=[N+]=NC[C@@H]1C[C@H](OCc2ccccc2)C(O)=C(O)O1. The predicted molar refractivity (Wildman–Crippen MR) is 70.8 cm³/mol. The van der Waals surface area contributed by atoms with E-state index in [1.54, 1.807) is 0 Å². The minimum atomic E-state index is -0.678. The lowest BCUT2D eigenvalue weighted by molar-refractivity contribution is -0.0694. The van der Waals surface area contributed by atoms with Gasteiger partial charge in [0.2, 0.25) is 5.76 Å². The van der Waals surface area contributed by atoms with Crippen LogP contribution in [0.4, 0.5) is 0 Å². The van der Waals surface area contributed by atoms with E-state index in [4.69, 9.17) is 15.0 Å². The Morgan fingerprint density at radius 1 is 1.35 bits per heavy atom. The van der Waals surface area contributed by atoms with Gasteiger partial charge >= 0.3 is 5.95 Å². The molecule has 0 fully saturated rings. The maximum Gasteiger partial charge on any atom is 0.319 e. The number of ether oxygens (including phenoxy) is 2. The molecule has 2 rings (SSSR count). The zero-order valence-electron chi connectivity index (χ0n) is 10.7. The Morgan fingerprint density at radius 2 is 2.10 bits per heavy atom. The van der Waals surface area contributed by atoms with Crippen molar-refractivity contribution < 1.29 is 19.7 Å². The van der Waals surface area contributed by atoms with Gasteiger partial charge in [-0.15, -0.1) is 0 Å². The third-order valence-corrected chi connectivity index (χ3v) is 2.92. The van der Waals surface area contributed by atoms with Gasteiger partial charge in [-0.05, 0) is 11.1 Å². The van der Waals surface area contributed by atoms with Crippen molar-refractivity contribution in [2.45, 2.75) is 25.2 Å². The molecule has 0 radical (unpaired) electrons. The maximum absolute atomic E-state index is 9.73. The first-order valence-electron chi connectivity index (χ1n) is 6.16. The first kappa shape index (κ1) is 14.0. The number of nitrogens with zero attached hydrogens (tertiary/aromatic N) is 3. The molecule has 0 amide bonds. The number of azide groups is 1. The Labute approximate surface area is 115 Å². The summed E-state index contributed by atoms with van der Waals surface area (Å²) >= 11 is 0. The smallest absolute Gasteiger partial charge is 0.319 e. The summed E-state index contributed by atoms with van der Waals surface area (Å²) in [6, 6.07) is 9.48. The van der Waals surface area contributed by atoms with Crippen molar-refractivity contribution >= 4 is 0 Å². The highest BCUT2D eigenvalue weighted by Gasteiger charge is 2.31. The molecule has 20 heavy (non-hydrogen) atoms. The summed E-state index contributed by atoms with van der Waals surface area (Å²) in [5.41, 5.74) is 9.24. The van der Waals surface area contributed by atoms with E-state index in [-0.39, 0.29) is 12.3 Å². The van der Waals surface area contributed by atoms with Gasteiger partial charge in [-0.25, -0.2) is 0 Å². The lowest BCUT2D eigenvalue weighted by atomic mass is 10.1. The van der Waals surface area contributed by atoms with Crippen molar-refractivity contribution in [2.75, 3.05) is 6.54 Å². The average molecular weight is 277 g/mol. The molecule has 2 atom stereocenters. The summed E-state index contributed by atoms with van der Waals surface area (Å²) in [6.45, 7) is 0.371. The summed E-state index contributed by atoms with van der Waals surface area (Å²) < 4.78 is 10.6. The monoisotopic (exact) mass is 277 g/mol. The van der Waals surface area contributed by atoms with E-state index in [1.165, 1.54) is 0 Å². The van der Waals surface area contributed by atoms with Gasteiger partial charge in [-0.1, -0.05) is 35.4 Å². The second-order valence-corrected chi connectivity index (χ2v) is 4.36. The van der Waals surface area contributed by atoms with Crippen LogP contribution in [0.25, 0.3) is 10.4 Å². The Bertz CT molecular complexity index is 526. The molecule has 106 valence electrons. The number of hydrogen-bond acceptors (Lipinski definition) is 5. The molecular formula is C13H15N3O4. The molecule has 0 aromatic heterocycles. The summed E-state index contributed by atoms with van der Waals surface area (Å²) in [5.74, 6) is -0.912. The fourth-order valence-corrected chi connectivity index (χ4v) is 1.91. The highest BCUT2D eigenvalue weighted by atomic mass is 16.6. The van der Waals surface area contributed by atoms with E-state index in [9.17, 15) is 10.2 Å². The molecule has 1 aliphatic heterocycles. The van der Waals surface area contributed by atoms with Crippen LogP contribution in [-0.4, -0.2) is 29.0 Å². The van der Waals surface area contributed by atoms with E-state index < -0.39 is 18.2 Å². The highest BCUT2D eigenvalue weighted by molar-refractivity contribution is 5.14. The molecule has 0 aliphatic carbocycles. The largest absolute Gasteiger partial charge is 0.504 e. The van der Waals surface area contributed by atoms with E-state index in [0.717, 1.165) is 5.56 Å². The van der Waals surface area contributed by atoms with E-state index in [1.807, 2.05) is 30.3 Å². The zero-order valence-corrected chi connectivity index (χ0v) is 10.7. The van der Waals surface area contributed by atoms with Gasteiger partial charge in [-0.3, -0.25) is 0 Å². The van der Waals surface area contributed by atoms with Crippen molar-refractivity contribution in [3.63, 3.8) is 0 Å². The second-order valence-electron chi connectivity index (χ2n) is 4.36. The number of benzene rings is 1. The molecule has 0 saturated heterocycles. The van der Waals surface area contributed by atoms with E-state index in [0.29, 0.717) is 13.0 Å². The maximum atomic E-state index is 9.73. The standard InChI is InChI=1S/C13H15N3O4/c14-16-15-7-10-6-11(12(17)13(18)20-10)19-8-9-4-2-1-3-5-9/h1-5,10-11,17-18H,6-8H2/t10-,11-/m0/s1. The fourth-order valence-electron chi connectivity index (χ4n) is 1.91. The van der Waals surface area contributed by atoms with Crippen LogP contribution in [0.1, 0.15) is 12.0 Å². The Morgan fingerprint density at radius 3 is 2.80 bits per heavy atom. The van der Waals surface area contributed by atoms with Crippen LogP contribution in [0, 0.1) is 0 Å². The Balaban J connectivity index is 1.98. The van der Waals surface area contributed by atoms with Gasteiger partial charge in [0.15, 0.2) is 0 Å². The van der Waals surface area contributed by atoms with Crippen LogP contribution in [0.2, 0.25) is 0 Å². The second kappa shape index (κ2) is 6.70. The van der Waals surface area contributed by atoms with Crippen LogP contribution >= 0.6 is 0 Å². The van der Waals surface area contributed by atoms with Gasteiger partial charge in [0, 0.05) is 11.3 Å². The van der Waals surface area contributed by atoms with Crippen molar-refractivity contribution in [3.8, 4) is 0 Å². The van der Waals surface area contributed by atoms with Gasteiger partial charge < -0.3 is 19.7 Å². The average Bonchev–Trinajstić information content (AvgIpc) is 2.48. The summed E-state index contributed by atoms with van der Waals surface area (Å²) in [4.78, 5) is 2.64. The van der Waals surface area contributed by atoms with Crippen molar-refractivity contribution in [3.05, 3.63) is 58.0 Å². The molecule has 7 heteroatoms. The van der Waals surface area contributed by atoms with E-state index >= 15 is 0 Å². The van der Waals surface area contributed by atoms with Crippen LogP contribution in [-0.2, 0) is 16.1 Å². The van der Waals surface area contributed by atoms with Crippen molar-refractivity contribution in [1.82, 2.24) is 0 Å². The molecule has 0 bridgehead atoms. The molecule has 0 spiro atoms. The molecule has 7 nitrogen and oxygen atoms in total. The van der Waals surface area contributed by atoms with Crippen LogP contribution < -0.4 is 0 Å². The number of rotatable bonds is 5. The number of aliphatic hydroxyl groups excluding tert-OH is 2. The van der Waals surface area contributed by atoms with Gasteiger partial charge in [0.1, 0.15) is 12.2 Å². The normalized spacial score (nSPS) is 22.0. The summed E-state index contributed by atoms with van der Waals surface area (Å²) in [5, 5.41) is 22.6. The van der Waals surface area contributed by atoms with Crippen LogP contribution in [0.5, 0.6) is 0 Å². The Hall–Kier alpha value is -2.37. The van der Waals surface area contributed by atoms with Crippen molar-refractivity contribution in [2.24, 2.45) is 5.11 Å². The Kier molecular flexibility index (Phi) is 4.70. The lowest BCUT2D eigenvalue weighted by Gasteiger charge is -2.28. The number of hydrogen-bond donors (Lipinski definition) is 2. The predicted octanol–water partition coefficient (Wildman–Crippen LogP) is 2.96. The molecule has 1 aliphatic rings. The number of aliphatic hydroxyl groups is 2. The van der Waals surface area contributed by atoms with Gasteiger partial charge in [0.05, 0.1) is 13.2 Å². The third kappa shape index (κ3) is 3.57. The zero-order chi connectivity index (χ0) is 14.4. The fraction of sp³-hybridized carbons (Fsp3) is 0.385. The van der Waals surface area contributed by atoms with Gasteiger partial charge in [-0.2, -0.15) is 0 Å². The topological polar surface area (TPSA) is 108 Å².